The highest BCUT2D eigenvalue weighted by atomic mass is 19.1. The summed E-state index contributed by atoms with van der Waals surface area (Å²) in [7, 11) is 1.62. The number of nitrogens with zero attached hydrogens (tertiary/aromatic N) is 2. The van der Waals surface area contributed by atoms with Gasteiger partial charge in [-0.1, -0.05) is 6.07 Å². The molecular formula is C28H31FN2O3. The number of amides is 1. The van der Waals surface area contributed by atoms with Gasteiger partial charge in [0.15, 0.2) is 0 Å². The average molecular weight is 463 g/mol. The summed E-state index contributed by atoms with van der Waals surface area (Å²) in [6.07, 6.45) is 0. The van der Waals surface area contributed by atoms with Crippen LogP contribution in [0.3, 0.4) is 0 Å². The zero-order valence-electron chi connectivity index (χ0n) is 20.2. The fraction of sp³-hybridized carbons (Fsp3) is 0.321. The number of piperazine rings is 1. The molecule has 1 aliphatic rings. The Morgan fingerprint density at radius 2 is 1.62 bits per heavy atom. The van der Waals surface area contributed by atoms with Crippen molar-refractivity contribution in [3.63, 3.8) is 0 Å². The maximum absolute atomic E-state index is 13.2. The Labute approximate surface area is 200 Å². The van der Waals surface area contributed by atoms with Gasteiger partial charge in [0.25, 0.3) is 5.91 Å². The SMILES string of the molecule is COc1ccc(C(=O)N2CCN(c3ccc(F)cc3)CC2)cc1COc1cc(C)cc(C)c1C. The van der Waals surface area contributed by atoms with Crippen molar-refractivity contribution in [2.45, 2.75) is 27.4 Å². The Bertz CT molecular complexity index is 1170. The minimum Gasteiger partial charge on any atom is -0.496 e. The number of hydrogen-bond acceptors (Lipinski definition) is 4. The summed E-state index contributed by atoms with van der Waals surface area (Å²) >= 11 is 0. The molecule has 0 radical (unpaired) electrons. The van der Waals surface area contributed by atoms with Crippen LogP contribution in [0.2, 0.25) is 0 Å². The quantitative estimate of drug-likeness (QED) is 0.499. The Kier molecular flexibility index (Phi) is 7.06. The lowest BCUT2D eigenvalue weighted by Gasteiger charge is -2.36. The van der Waals surface area contributed by atoms with Gasteiger partial charge in [-0.2, -0.15) is 0 Å². The Balaban J connectivity index is 1.45. The molecule has 3 aromatic rings. The number of anilines is 1. The summed E-state index contributed by atoms with van der Waals surface area (Å²) < 4.78 is 24.9. The van der Waals surface area contributed by atoms with Gasteiger partial charge >= 0.3 is 0 Å². The van der Waals surface area contributed by atoms with E-state index >= 15 is 0 Å². The zero-order valence-corrected chi connectivity index (χ0v) is 20.2. The fourth-order valence-corrected chi connectivity index (χ4v) is 4.33. The molecule has 34 heavy (non-hydrogen) atoms. The van der Waals surface area contributed by atoms with E-state index in [1.807, 2.05) is 30.0 Å². The number of rotatable bonds is 6. The molecule has 1 fully saturated rings. The summed E-state index contributed by atoms with van der Waals surface area (Å²) in [5, 5.41) is 0. The Morgan fingerprint density at radius 1 is 0.912 bits per heavy atom. The lowest BCUT2D eigenvalue weighted by atomic mass is 10.1. The molecule has 0 saturated carbocycles. The molecule has 3 aromatic carbocycles. The molecule has 1 amide bonds. The molecule has 1 aliphatic heterocycles. The molecule has 0 unspecified atom stereocenters. The maximum atomic E-state index is 13.2. The van der Waals surface area contributed by atoms with E-state index in [4.69, 9.17) is 9.47 Å². The molecular weight excluding hydrogens is 431 g/mol. The normalized spacial score (nSPS) is 13.7. The van der Waals surface area contributed by atoms with Gasteiger partial charge in [0.1, 0.15) is 23.9 Å². The van der Waals surface area contributed by atoms with Crippen LogP contribution in [0.1, 0.15) is 32.6 Å². The van der Waals surface area contributed by atoms with Crippen molar-refractivity contribution >= 4 is 11.6 Å². The van der Waals surface area contributed by atoms with Crippen LogP contribution in [-0.2, 0) is 6.61 Å². The van der Waals surface area contributed by atoms with Crippen LogP contribution in [0.25, 0.3) is 0 Å². The molecule has 5 nitrogen and oxygen atoms in total. The van der Waals surface area contributed by atoms with Gasteiger partial charge in [-0.25, -0.2) is 4.39 Å². The Hall–Kier alpha value is -3.54. The monoisotopic (exact) mass is 462 g/mol. The molecule has 4 rings (SSSR count). The molecule has 178 valence electrons. The minimum atomic E-state index is -0.246. The van der Waals surface area contributed by atoms with E-state index in [1.54, 1.807) is 25.3 Å². The number of hydrogen-bond donors (Lipinski definition) is 0. The van der Waals surface area contributed by atoms with Gasteiger partial charge in [-0.3, -0.25) is 4.79 Å². The second-order valence-electron chi connectivity index (χ2n) is 8.78. The van der Waals surface area contributed by atoms with Crippen LogP contribution < -0.4 is 14.4 Å². The summed E-state index contributed by atoms with van der Waals surface area (Å²) in [5.74, 6) is 1.28. The second-order valence-corrected chi connectivity index (χ2v) is 8.78. The van der Waals surface area contributed by atoms with Crippen LogP contribution >= 0.6 is 0 Å². The van der Waals surface area contributed by atoms with Crippen molar-refractivity contribution in [2.75, 3.05) is 38.2 Å². The van der Waals surface area contributed by atoms with Crippen molar-refractivity contribution in [3.05, 3.63) is 88.2 Å². The van der Waals surface area contributed by atoms with Gasteiger partial charge in [-0.05, 0) is 86.0 Å². The van der Waals surface area contributed by atoms with E-state index in [0.717, 1.165) is 28.1 Å². The molecule has 1 heterocycles. The summed E-state index contributed by atoms with van der Waals surface area (Å²) in [6.45, 7) is 9.11. The number of carbonyl (C=O) groups is 1. The van der Waals surface area contributed by atoms with Crippen LogP contribution in [0.5, 0.6) is 11.5 Å². The lowest BCUT2D eigenvalue weighted by Crippen LogP contribution is -2.48. The lowest BCUT2D eigenvalue weighted by molar-refractivity contribution is 0.0746. The highest BCUT2D eigenvalue weighted by molar-refractivity contribution is 5.94. The third-order valence-corrected chi connectivity index (χ3v) is 6.43. The first kappa shape index (κ1) is 23.6. The van der Waals surface area contributed by atoms with Crippen LogP contribution in [-0.4, -0.2) is 44.1 Å². The first-order chi connectivity index (χ1) is 16.4. The highest BCUT2D eigenvalue weighted by Gasteiger charge is 2.23. The highest BCUT2D eigenvalue weighted by Crippen LogP contribution is 2.27. The molecule has 0 N–H and O–H groups in total. The van der Waals surface area contributed by atoms with Crippen molar-refractivity contribution in [3.8, 4) is 11.5 Å². The molecule has 1 saturated heterocycles. The van der Waals surface area contributed by atoms with Gasteiger partial charge in [0.05, 0.1) is 7.11 Å². The minimum absolute atomic E-state index is 0.00904. The molecule has 0 atom stereocenters. The maximum Gasteiger partial charge on any atom is 0.253 e. The first-order valence-corrected chi connectivity index (χ1v) is 11.5. The van der Waals surface area contributed by atoms with Crippen LogP contribution in [0.4, 0.5) is 10.1 Å². The van der Waals surface area contributed by atoms with Crippen molar-refractivity contribution in [1.82, 2.24) is 4.90 Å². The van der Waals surface area contributed by atoms with E-state index in [9.17, 15) is 9.18 Å². The van der Waals surface area contributed by atoms with Gasteiger partial charge < -0.3 is 19.3 Å². The zero-order chi connectivity index (χ0) is 24.2. The van der Waals surface area contributed by atoms with Gasteiger partial charge in [0.2, 0.25) is 0 Å². The van der Waals surface area contributed by atoms with Crippen LogP contribution in [0, 0.1) is 26.6 Å². The summed E-state index contributed by atoms with van der Waals surface area (Å²) in [6, 6.07) is 16.2. The standard InChI is InChI=1S/C28H31FN2O3/c1-19-15-20(2)21(3)27(16-19)34-18-23-17-22(5-10-26(23)33-4)28(32)31-13-11-30(12-14-31)25-8-6-24(29)7-9-25/h5-10,15-17H,11-14,18H2,1-4H3. The average Bonchev–Trinajstić information content (AvgIpc) is 2.85. The smallest absolute Gasteiger partial charge is 0.253 e. The molecule has 0 aromatic heterocycles. The predicted octanol–water partition coefficient (Wildman–Crippen LogP) is 5.30. The predicted molar refractivity (Wildman–Crippen MR) is 132 cm³/mol. The summed E-state index contributed by atoms with van der Waals surface area (Å²) in [4.78, 5) is 17.3. The molecule has 0 bridgehead atoms. The van der Waals surface area contributed by atoms with E-state index in [1.165, 1.54) is 17.7 Å². The number of benzene rings is 3. The fourth-order valence-electron chi connectivity index (χ4n) is 4.33. The molecule has 6 heteroatoms. The Morgan fingerprint density at radius 3 is 2.29 bits per heavy atom. The van der Waals surface area contributed by atoms with Crippen molar-refractivity contribution in [1.29, 1.82) is 0 Å². The van der Waals surface area contributed by atoms with Gasteiger partial charge in [0, 0.05) is 43.0 Å². The van der Waals surface area contributed by atoms with Gasteiger partial charge in [-0.15, -0.1) is 0 Å². The molecule has 0 aliphatic carbocycles. The third kappa shape index (κ3) is 5.16. The van der Waals surface area contributed by atoms with Crippen molar-refractivity contribution < 1.29 is 18.7 Å². The molecule has 0 spiro atoms. The second kappa shape index (κ2) is 10.2. The van der Waals surface area contributed by atoms with Crippen molar-refractivity contribution in [2.24, 2.45) is 0 Å². The summed E-state index contributed by atoms with van der Waals surface area (Å²) in [5.41, 5.74) is 5.86. The number of aryl methyl sites for hydroxylation is 2. The first-order valence-electron chi connectivity index (χ1n) is 11.5. The van der Waals surface area contributed by atoms with Crippen LogP contribution in [0.15, 0.2) is 54.6 Å². The number of carbonyl (C=O) groups excluding carboxylic acids is 1. The largest absolute Gasteiger partial charge is 0.496 e. The number of methoxy groups -OCH3 is 1. The number of ether oxygens (including phenoxy) is 2. The van der Waals surface area contributed by atoms with E-state index in [0.29, 0.717) is 44.1 Å². The topological polar surface area (TPSA) is 42.0 Å². The number of halogens is 1. The van der Waals surface area contributed by atoms with E-state index in [-0.39, 0.29) is 11.7 Å². The van der Waals surface area contributed by atoms with E-state index in [2.05, 4.69) is 24.8 Å². The third-order valence-electron chi connectivity index (χ3n) is 6.43. The van der Waals surface area contributed by atoms with E-state index < -0.39 is 0 Å².